The zero-order valence-corrected chi connectivity index (χ0v) is 20.0. The lowest BCUT2D eigenvalue weighted by atomic mass is 9.91. The number of benzene rings is 1. The SMILES string of the molecule is C=CCNC(=O)c1cnc(Nc2ccc3c(c2)CCNC3)cc1Nc1ccnc(C(C)(C)C)c1. The molecule has 0 aliphatic carbocycles. The van der Waals surface area contributed by atoms with Crippen LogP contribution >= 0.6 is 0 Å². The smallest absolute Gasteiger partial charge is 0.255 e. The molecule has 0 fully saturated rings. The van der Waals surface area contributed by atoms with Gasteiger partial charge in [-0.05, 0) is 48.4 Å². The molecule has 1 aliphatic heterocycles. The van der Waals surface area contributed by atoms with Gasteiger partial charge in [-0.25, -0.2) is 4.98 Å². The fourth-order valence-electron chi connectivity index (χ4n) is 3.84. The zero-order chi connectivity index (χ0) is 24.1. The summed E-state index contributed by atoms with van der Waals surface area (Å²) in [5.74, 6) is 0.439. The van der Waals surface area contributed by atoms with Crippen LogP contribution in [-0.2, 0) is 18.4 Å². The number of nitrogens with one attached hydrogen (secondary N) is 4. The molecule has 4 rings (SSSR count). The molecule has 0 bridgehead atoms. The van der Waals surface area contributed by atoms with Gasteiger partial charge in [-0.15, -0.1) is 6.58 Å². The van der Waals surface area contributed by atoms with Crippen molar-refractivity contribution in [1.82, 2.24) is 20.6 Å². The minimum absolute atomic E-state index is 0.0885. The van der Waals surface area contributed by atoms with Gasteiger partial charge in [0.25, 0.3) is 5.91 Å². The molecule has 3 heterocycles. The summed E-state index contributed by atoms with van der Waals surface area (Å²) in [6.07, 6.45) is 6.03. The number of amides is 1. The van der Waals surface area contributed by atoms with E-state index in [1.807, 2.05) is 18.2 Å². The van der Waals surface area contributed by atoms with Crippen molar-refractivity contribution in [3.05, 3.63) is 83.8 Å². The summed E-state index contributed by atoms with van der Waals surface area (Å²) >= 11 is 0. The third-order valence-corrected chi connectivity index (χ3v) is 5.73. The maximum Gasteiger partial charge on any atom is 0.255 e. The number of anilines is 4. The standard InChI is InChI=1S/C27H32N6O/c1-5-10-30-26(34)22-17-31-25(33-20-7-6-19-16-28-11-8-18(19)13-20)15-23(22)32-21-9-12-29-24(14-21)27(2,3)4/h5-7,9,12-15,17,28H,1,8,10-11,16H2,2-4H3,(H,30,34)(H2,29,31,32,33). The van der Waals surface area contributed by atoms with E-state index < -0.39 is 0 Å². The number of hydrogen-bond donors (Lipinski definition) is 4. The van der Waals surface area contributed by atoms with Crippen LogP contribution in [0.2, 0.25) is 0 Å². The number of fused-ring (bicyclic) bond motifs is 1. The zero-order valence-electron chi connectivity index (χ0n) is 20.0. The Morgan fingerprint density at radius 2 is 1.91 bits per heavy atom. The highest BCUT2D eigenvalue weighted by Crippen LogP contribution is 2.28. The van der Waals surface area contributed by atoms with Crippen LogP contribution in [0, 0.1) is 0 Å². The lowest BCUT2D eigenvalue weighted by Gasteiger charge is -2.20. The van der Waals surface area contributed by atoms with Gasteiger partial charge in [0.05, 0.1) is 11.3 Å². The van der Waals surface area contributed by atoms with Gasteiger partial charge in [-0.1, -0.05) is 32.9 Å². The van der Waals surface area contributed by atoms with Crippen LogP contribution in [0.25, 0.3) is 0 Å². The summed E-state index contributed by atoms with van der Waals surface area (Å²) in [5, 5.41) is 13.0. The van der Waals surface area contributed by atoms with Crippen molar-refractivity contribution in [3.63, 3.8) is 0 Å². The van der Waals surface area contributed by atoms with E-state index in [9.17, 15) is 4.79 Å². The molecule has 3 aromatic rings. The molecule has 0 radical (unpaired) electrons. The summed E-state index contributed by atoms with van der Waals surface area (Å²) in [6.45, 7) is 12.3. The van der Waals surface area contributed by atoms with E-state index in [0.717, 1.165) is 36.6 Å². The van der Waals surface area contributed by atoms with Gasteiger partial charge in [0.1, 0.15) is 5.82 Å². The van der Waals surface area contributed by atoms with Crippen LogP contribution < -0.4 is 21.3 Å². The van der Waals surface area contributed by atoms with Crippen LogP contribution in [-0.4, -0.2) is 29.0 Å². The average molecular weight is 457 g/mol. The first-order valence-electron chi connectivity index (χ1n) is 11.6. The number of pyridine rings is 2. The molecule has 7 heteroatoms. The Kier molecular flexibility index (Phi) is 6.93. The molecule has 0 spiro atoms. The Bertz CT molecular complexity index is 1200. The molecular formula is C27H32N6O. The third kappa shape index (κ3) is 5.61. The van der Waals surface area contributed by atoms with Crippen LogP contribution in [0.4, 0.5) is 22.9 Å². The van der Waals surface area contributed by atoms with E-state index in [1.165, 1.54) is 11.1 Å². The van der Waals surface area contributed by atoms with Gasteiger partial charge in [-0.2, -0.15) is 0 Å². The molecule has 176 valence electrons. The highest BCUT2D eigenvalue weighted by Gasteiger charge is 2.18. The Hall–Kier alpha value is -3.71. The minimum Gasteiger partial charge on any atom is -0.355 e. The van der Waals surface area contributed by atoms with Crippen LogP contribution in [0.1, 0.15) is 48.0 Å². The predicted molar refractivity (Wildman–Crippen MR) is 138 cm³/mol. The molecule has 0 saturated heterocycles. The summed E-state index contributed by atoms with van der Waals surface area (Å²) in [4.78, 5) is 21.8. The van der Waals surface area contributed by atoms with E-state index in [2.05, 4.69) is 76.8 Å². The van der Waals surface area contributed by atoms with Gasteiger partial charge in [0.15, 0.2) is 0 Å². The van der Waals surface area contributed by atoms with Crippen molar-refractivity contribution in [3.8, 4) is 0 Å². The first-order valence-corrected chi connectivity index (χ1v) is 11.6. The summed E-state index contributed by atoms with van der Waals surface area (Å²) < 4.78 is 0. The average Bonchev–Trinajstić information content (AvgIpc) is 2.82. The molecule has 1 aromatic carbocycles. The number of hydrogen-bond acceptors (Lipinski definition) is 6. The quantitative estimate of drug-likeness (QED) is 0.381. The Labute approximate surface area is 201 Å². The number of carbonyl (C=O) groups excluding carboxylic acids is 1. The lowest BCUT2D eigenvalue weighted by Crippen LogP contribution is -2.24. The number of aromatic nitrogens is 2. The van der Waals surface area contributed by atoms with Crippen LogP contribution in [0.3, 0.4) is 0 Å². The molecule has 4 N–H and O–H groups in total. The number of nitrogens with zero attached hydrogens (tertiary/aromatic N) is 2. The van der Waals surface area contributed by atoms with E-state index in [1.54, 1.807) is 18.5 Å². The Morgan fingerprint density at radius 3 is 2.71 bits per heavy atom. The van der Waals surface area contributed by atoms with Crippen molar-refractivity contribution in [2.24, 2.45) is 0 Å². The molecular weight excluding hydrogens is 424 g/mol. The van der Waals surface area contributed by atoms with Gasteiger partial charge in [0.2, 0.25) is 0 Å². The van der Waals surface area contributed by atoms with Crippen molar-refractivity contribution in [2.45, 2.75) is 39.2 Å². The van der Waals surface area contributed by atoms with Crippen LogP contribution in [0.5, 0.6) is 0 Å². The van der Waals surface area contributed by atoms with Gasteiger partial charge >= 0.3 is 0 Å². The molecule has 1 amide bonds. The van der Waals surface area contributed by atoms with Crippen LogP contribution in [0.15, 0.2) is 61.4 Å². The molecule has 0 unspecified atom stereocenters. The minimum atomic E-state index is -0.215. The normalized spacial score (nSPS) is 13.0. The maximum absolute atomic E-state index is 12.8. The van der Waals surface area contributed by atoms with Crippen molar-refractivity contribution in [2.75, 3.05) is 23.7 Å². The van der Waals surface area contributed by atoms with E-state index in [4.69, 9.17) is 0 Å². The second-order valence-electron chi connectivity index (χ2n) is 9.45. The molecule has 2 aromatic heterocycles. The summed E-state index contributed by atoms with van der Waals surface area (Å²) in [6, 6.07) is 12.1. The largest absolute Gasteiger partial charge is 0.355 e. The maximum atomic E-state index is 12.8. The molecule has 0 atom stereocenters. The van der Waals surface area contributed by atoms with Gasteiger partial charge in [0, 0.05) is 54.0 Å². The highest BCUT2D eigenvalue weighted by atomic mass is 16.1. The first kappa shape index (κ1) is 23.4. The second-order valence-corrected chi connectivity index (χ2v) is 9.45. The third-order valence-electron chi connectivity index (χ3n) is 5.73. The van der Waals surface area contributed by atoms with E-state index in [-0.39, 0.29) is 11.3 Å². The lowest BCUT2D eigenvalue weighted by molar-refractivity contribution is 0.0958. The Morgan fingerprint density at radius 1 is 1.09 bits per heavy atom. The molecule has 1 aliphatic rings. The highest BCUT2D eigenvalue weighted by molar-refractivity contribution is 6.00. The van der Waals surface area contributed by atoms with E-state index >= 15 is 0 Å². The predicted octanol–water partition coefficient (Wildman–Crippen LogP) is 4.82. The van der Waals surface area contributed by atoms with E-state index in [0.29, 0.717) is 23.6 Å². The molecule has 7 nitrogen and oxygen atoms in total. The second kappa shape index (κ2) is 10.1. The topological polar surface area (TPSA) is 91.0 Å². The monoisotopic (exact) mass is 456 g/mol. The summed E-state index contributed by atoms with van der Waals surface area (Å²) in [5.41, 5.74) is 6.49. The summed E-state index contributed by atoms with van der Waals surface area (Å²) in [7, 11) is 0. The fraction of sp³-hybridized carbons (Fsp3) is 0.296. The van der Waals surface area contributed by atoms with Crippen molar-refractivity contribution < 1.29 is 4.79 Å². The van der Waals surface area contributed by atoms with Crippen molar-refractivity contribution >= 4 is 28.8 Å². The fourth-order valence-corrected chi connectivity index (χ4v) is 3.84. The first-order chi connectivity index (χ1) is 16.3. The number of carbonyl (C=O) groups is 1. The van der Waals surface area contributed by atoms with Crippen molar-refractivity contribution in [1.29, 1.82) is 0 Å². The Balaban J connectivity index is 1.64. The molecule has 0 saturated carbocycles. The number of rotatable bonds is 7. The van der Waals surface area contributed by atoms with Gasteiger partial charge < -0.3 is 21.3 Å². The van der Waals surface area contributed by atoms with Gasteiger partial charge in [-0.3, -0.25) is 9.78 Å². The molecule has 34 heavy (non-hydrogen) atoms.